The molecule has 1 aromatic heterocycles. The Morgan fingerprint density at radius 2 is 2.25 bits per heavy atom. The Balaban J connectivity index is 1.91. The van der Waals surface area contributed by atoms with E-state index in [0.29, 0.717) is 12.6 Å². The zero-order chi connectivity index (χ0) is 14.4. The lowest BCUT2D eigenvalue weighted by atomic mass is 10.3. The van der Waals surface area contributed by atoms with Crippen molar-refractivity contribution in [3.05, 3.63) is 18.2 Å². The summed E-state index contributed by atoms with van der Waals surface area (Å²) in [5, 5.41) is 4.45. The maximum atomic E-state index is 5.50. The van der Waals surface area contributed by atoms with Crippen LogP contribution in [0.3, 0.4) is 0 Å². The SMILES string of the molecule is CCOc1ccc2nc(SCCNC(C)CC)[nH]c2c1. The quantitative estimate of drug-likeness (QED) is 0.578. The number of H-pyrrole nitrogens is 1. The van der Waals surface area contributed by atoms with Crippen LogP contribution >= 0.6 is 11.8 Å². The van der Waals surface area contributed by atoms with E-state index in [-0.39, 0.29) is 0 Å². The number of hydrogen-bond donors (Lipinski definition) is 2. The molecule has 1 heterocycles. The van der Waals surface area contributed by atoms with Crippen LogP contribution in [-0.4, -0.2) is 34.9 Å². The number of hydrogen-bond acceptors (Lipinski definition) is 4. The monoisotopic (exact) mass is 293 g/mol. The minimum Gasteiger partial charge on any atom is -0.494 e. The number of aromatic nitrogens is 2. The van der Waals surface area contributed by atoms with Crippen molar-refractivity contribution < 1.29 is 4.74 Å². The van der Waals surface area contributed by atoms with Crippen LogP contribution in [-0.2, 0) is 0 Å². The molecule has 2 aromatic rings. The molecule has 4 nitrogen and oxygen atoms in total. The Hall–Kier alpha value is -1.20. The molecule has 20 heavy (non-hydrogen) atoms. The molecule has 2 N–H and O–H groups in total. The van der Waals surface area contributed by atoms with Crippen LogP contribution in [0.25, 0.3) is 11.0 Å². The Kier molecular flexibility index (Phi) is 5.73. The van der Waals surface area contributed by atoms with E-state index in [1.54, 1.807) is 11.8 Å². The maximum Gasteiger partial charge on any atom is 0.166 e. The molecule has 0 aliphatic heterocycles. The predicted octanol–water partition coefficient (Wildman–Crippen LogP) is 3.44. The molecule has 0 radical (unpaired) electrons. The predicted molar refractivity (Wildman–Crippen MR) is 85.7 cm³/mol. The highest BCUT2D eigenvalue weighted by molar-refractivity contribution is 7.99. The van der Waals surface area contributed by atoms with Gasteiger partial charge in [0.25, 0.3) is 0 Å². The first kappa shape index (κ1) is 15.2. The Bertz CT molecular complexity index is 541. The second kappa shape index (κ2) is 7.55. The van der Waals surface area contributed by atoms with Gasteiger partial charge in [0.2, 0.25) is 0 Å². The van der Waals surface area contributed by atoms with Crippen LogP contribution < -0.4 is 10.1 Å². The molecular formula is C15H23N3OS. The fourth-order valence-corrected chi connectivity index (χ4v) is 2.65. The van der Waals surface area contributed by atoms with Gasteiger partial charge < -0.3 is 15.0 Å². The topological polar surface area (TPSA) is 49.9 Å². The van der Waals surface area contributed by atoms with Crippen molar-refractivity contribution in [2.45, 2.75) is 38.4 Å². The summed E-state index contributed by atoms with van der Waals surface area (Å²) in [6.07, 6.45) is 1.16. The van der Waals surface area contributed by atoms with Crippen molar-refractivity contribution in [1.29, 1.82) is 0 Å². The number of nitrogens with one attached hydrogen (secondary N) is 2. The van der Waals surface area contributed by atoms with Crippen LogP contribution in [0.1, 0.15) is 27.2 Å². The fourth-order valence-electron chi connectivity index (χ4n) is 1.89. The molecule has 0 saturated carbocycles. The van der Waals surface area contributed by atoms with Crippen molar-refractivity contribution in [2.75, 3.05) is 18.9 Å². The van der Waals surface area contributed by atoms with Gasteiger partial charge in [0.05, 0.1) is 17.6 Å². The van der Waals surface area contributed by atoms with Gasteiger partial charge in [0.15, 0.2) is 5.16 Å². The van der Waals surface area contributed by atoms with Crippen molar-refractivity contribution in [3.8, 4) is 5.75 Å². The molecule has 1 atom stereocenters. The molecule has 0 aliphatic rings. The van der Waals surface area contributed by atoms with Crippen molar-refractivity contribution in [2.24, 2.45) is 0 Å². The lowest BCUT2D eigenvalue weighted by molar-refractivity contribution is 0.340. The van der Waals surface area contributed by atoms with Crippen LogP contribution in [0.2, 0.25) is 0 Å². The highest BCUT2D eigenvalue weighted by atomic mass is 32.2. The summed E-state index contributed by atoms with van der Waals surface area (Å²) in [4.78, 5) is 7.92. The van der Waals surface area contributed by atoms with Crippen molar-refractivity contribution >= 4 is 22.8 Å². The van der Waals surface area contributed by atoms with Gasteiger partial charge in [-0.2, -0.15) is 0 Å². The van der Waals surface area contributed by atoms with Crippen molar-refractivity contribution in [1.82, 2.24) is 15.3 Å². The molecule has 2 rings (SSSR count). The average molecular weight is 293 g/mol. The summed E-state index contributed by atoms with van der Waals surface area (Å²) in [5.74, 6) is 1.90. The molecule has 110 valence electrons. The maximum absolute atomic E-state index is 5.50. The molecule has 0 saturated heterocycles. The molecule has 0 bridgehead atoms. The number of nitrogens with zero attached hydrogens (tertiary/aromatic N) is 1. The summed E-state index contributed by atoms with van der Waals surface area (Å²) in [6.45, 7) is 8.08. The van der Waals surface area contributed by atoms with Gasteiger partial charge >= 0.3 is 0 Å². The zero-order valence-electron chi connectivity index (χ0n) is 12.4. The number of ether oxygens (including phenoxy) is 1. The van der Waals surface area contributed by atoms with E-state index in [1.807, 2.05) is 25.1 Å². The Labute approximate surface area is 124 Å². The van der Waals surface area contributed by atoms with Crippen LogP contribution in [0.4, 0.5) is 0 Å². The van der Waals surface area contributed by atoms with Gasteiger partial charge in [-0.1, -0.05) is 18.7 Å². The third-order valence-corrected chi connectivity index (χ3v) is 4.06. The third-order valence-electron chi connectivity index (χ3n) is 3.19. The van der Waals surface area contributed by atoms with E-state index in [2.05, 4.69) is 29.1 Å². The molecule has 0 fully saturated rings. The highest BCUT2D eigenvalue weighted by Gasteiger charge is 2.05. The number of aromatic amines is 1. The van der Waals surface area contributed by atoms with Crippen LogP contribution in [0.5, 0.6) is 5.75 Å². The smallest absolute Gasteiger partial charge is 0.166 e. The number of fused-ring (bicyclic) bond motifs is 1. The minimum atomic E-state index is 0.583. The fraction of sp³-hybridized carbons (Fsp3) is 0.533. The summed E-state index contributed by atoms with van der Waals surface area (Å²) in [7, 11) is 0. The lowest BCUT2D eigenvalue weighted by Gasteiger charge is -2.09. The number of thioether (sulfide) groups is 1. The van der Waals surface area contributed by atoms with E-state index in [4.69, 9.17) is 4.74 Å². The average Bonchev–Trinajstić information content (AvgIpc) is 2.85. The number of benzene rings is 1. The van der Waals surface area contributed by atoms with Crippen molar-refractivity contribution in [3.63, 3.8) is 0 Å². The molecule has 5 heteroatoms. The van der Waals surface area contributed by atoms with Crippen LogP contribution in [0.15, 0.2) is 23.4 Å². The molecule has 1 aromatic carbocycles. The normalized spacial score (nSPS) is 12.8. The largest absolute Gasteiger partial charge is 0.494 e. The standard InChI is InChI=1S/C15H23N3OS/c1-4-11(3)16-8-9-20-15-17-13-7-6-12(19-5-2)10-14(13)18-15/h6-7,10-11,16H,4-5,8-9H2,1-3H3,(H,17,18). The van der Waals surface area contributed by atoms with Gasteiger partial charge in [-0.3, -0.25) is 0 Å². The Morgan fingerprint density at radius 1 is 1.40 bits per heavy atom. The first-order valence-corrected chi connectivity index (χ1v) is 8.20. The van der Waals surface area contributed by atoms with E-state index in [1.165, 1.54) is 0 Å². The first-order valence-electron chi connectivity index (χ1n) is 7.21. The zero-order valence-corrected chi connectivity index (χ0v) is 13.2. The van der Waals surface area contributed by atoms with E-state index in [0.717, 1.165) is 40.7 Å². The molecule has 0 spiro atoms. The Morgan fingerprint density at radius 3 is 3.00 bits per heavy atom. The first-order chi connectivity index (χ1) is 9.72. The van der Waals surface area contributed by atoms with Crippen LogP contribution in [0, 0.1) is 0 Å². The van der Waals surface area contributed by atoms with Gasteiger partial charge in [0.1, 0.15) is 5.75 Å². The summed E-state index contributed by atoms with van der Waals surface area (Å²) in [6, 6.07) is 6.55. The molecule has 0 amide bonds. The molecule has 0 aliphatic carbocycles. The minimum absolute atomic E-state index is 0.583. The van der Waals surface area contributed by atoms with E-state index in [9.17, 15) is 0 Å². The number of rotatable bonds is 8. The summed E-state index contributed by atoms with van der Waals surface area (Å²) < 4.78 is 5.50. The van der Waals surface area contributed by atoms with Gasteiger partial charge in [-0.05, 0) is 32.4 Å². The molecular weight excluding hydrogens is 270 g/mol. The second-order valence-corrected chi connectivity index (χ2v) is 5.85. The van der Waals surface area contributed by atoms with Gasteiger partial charge in [-0.25, -0.2) is 4.98 Å². The third kappa shape index (κ3) is 4.15. The van der Waals surface area contributed by atoms with Gasteiger partial charge in [-0.15, -0.1) is 0 Å². The number of imidazole rings is 1. The summed E-state index contributed by atoms with van der Waals surface area (Å²) in [5.41, 5.74) is 2.03. The molecule has 1 unspecified atom stereocenters. The van der Waals surface area contributed by atoms with Gasteiger partial charge in [0, 0.05) is 24.4 Å². The summed E-state index contributed by atoms with van der Waals surface area (Å²) >= 11 is 1.75. The van der Waals surface area contributed by atoms with E-state index < -0.39 is 0 Å². The van der Waals surface area contributed by atoms with E-state index >= 15 is 0 Å². The second-order valence-electron chi connectivity index (χ2n) is 4.77. The lowest BCUT2D eigenvalue weighted by Crippen LogP contribution is -2.27. The highest BCUT2D eigenvalue weighted by Crippen LogP contribution is 2.23.